The zero-order chi connectivity index (χ0) is 13.9. The summed E-state index contributed by atoms with van der Waals surface area (Å²) < 4.78 is 6.90. The van der Waals surface area contributed by atoms with Crippen molar-refractivity contribution in [3.63, 3.8) is 0 Å². The first-order valence-electron chi connectivity index (χ1n) is 6.75. The van der Waals surface area contributed by atoms with Crippen molar-refractivity contribution in [2.24, 2.45) is 0 Å². The van der Waals surface area contributed by atoms with Gasteiger partial charge in [-0.3, -0.25) is 14.0 Å². The van der Waals surface area contributed by atoms with Gasteiger partial charge < -0.3 is 4.74 Å². The Hall–Kier alpha value is -2.08. The van der Waals surface area contributed by atoms with E-state index < -0.39 is 0 Å². The van der Waals surface area contributed by atoms with Crippen LogP contribution >= 0.6 is 0 Å². The zero-order valence-corrected chi connectivity index (χ0v) is 11.4. The number of hydroxylamine groups is 2. The SMILES string of the molecule is COc1ccn2c(C(=O)N3CCCCCO3)cnc2c1. The number of amides is 1. The van der Waals surface area contributed by atoms with Crippen LogP contribution in [-0.4, -0.2) is 40.6 Å². The Balaban J connectivity index is 1.91. The van der Waals surface area contributed by atoms with Gasteiger partial charge in [0.1, 0.15) is 17.1 Å². The van der Waals surface area contributed by atoms with Crippen LogP contribution in [0, 0.1) is 0 Å². The predicted octanol–water partition coefficient (Wildman–Crippen LogP) is 1.90. The number of carbonyl (C=O) groups excluding carboxylic acids is 1. The number of nitrogens with zero attached hydrogens (tertiary/aromatic N) is 3. The molecule has 1 amide bonds. The second-order valence-electron chi connectivity index (χ2n) is 4.74. The average molecular weight is 275 g/mol. The summed E-state index contributed by atoms with van der Waals surface area (Å²) in [6, 6.07) is 3.59. The Labute approximate surface area is 116 Å². The molecular formula is C14H17N3O3. The number of imidazole rings is 1. The fraction of sp³-hybridized carbons (Fsp3) is 0.429. The van der Waals surface area contributed by atoms with E-state index in [0.717, 1.165) is 19.3 Å². The monoisotopic (exact) mass is 275 g/mol. The lowest BCUT2D eigenvalue weighted by molar-refractivity contribution is -0.116. The summed E-state index contributed by atoms with van der Waals surface area (Å²) in [7, 11) is 1.60. The van der Waals surface area contributed by atoms with Crippen LogP contribution in [0.1, 0.15) is 29.8 Å². The van der Waals surface area contributed by atoms with Crippen LogP contribution in [0.15, 0.2) is 24.5 Å². The lowest BCUT2D eigenvalue weighted by Crippen LogP contribution is -2.32. The first-order chi connectivity index (χ1) is 9.79. The number of aromatic nitrogens is 2. The first kappa shape index (κ1) is 12.9. The molecule has 106 valence electrons. The molecule has 2 aromatic rings. The van der Waals surface area contributed by atoms with E-state index in [-0.39, 0.29) is 5.91 Å². The molecule has 0 aliphatic carbocycles. The minimum absolute atomic E-state index is 0.149. The first-order valence-corrected chi connectivity index (χ1v) is 6.75. The van der Waals surface area contributed by atoms with E-state index in [1.54, 1.807) is 36.0 Å². The molecule has 1 saturated heterocycles. The highest BCUT2D eigenvalue weighted by atomic mass is 16.7. The maximum absolute atomic E-state index is 12.5. The number of pyridine rings is 1. The number of hydrogen-bond donors (Lipinski definition) is 0. The van der Waals surface area contributed by atoms with E-state index in [9.17, 15) is 4.79 Å². The highest BCUT2D eigenvalue weighted by Gasteiger charge is 2.21. The molecule has 6 heteroatoms. The van der Waals surface area contributed by atoms with Gasteiger partial charge in [0.05, 0.1) is 19.9 Å². The lowest BCUT2D eigenvalue weighted by atomic mass is 10.2. The van der Waals surface area contributed by atoms with Crippen molar-refractivity contribution in [3.8, 4) is 5.75 Å². The molecule has 0 unspecified atom stereocenters. The average Bonchev–Trinajstić information content (AvgIpc) is 2.71. The van der Waals surface area contributed by atoms with Gasteiger partial charge in [0.25, 0.3) is 5.91 Å². The molecule has 6 nitrogen and oxygen atoms in total. The summed E-state index contributed by atoms with van der Waals surface area (Å²) in [4.78, 5) is 22.2. The van der Waals surface area contributed by atoms with E-state index in [1.807, 2.05) is 0 Å². The second-order valence-corrected chi connectivity index (χ2v) is 4.74. The second kappa shape index (κ2) is 5.50. The Morgan fingerprint density at radius 3 is 3.15 bits per heavy atom. The van der Waals surface area contributed by atoms with Gasteiger partial charge >= 0.3 is 0 Å². The van der Waals surface area contributed by atoms with Gasteiger partial charge in [-0.1, -0.05) is 0 Å². The van der Waals surface area contributed by atoms with Crippen molar-refractivity contribution in [2.45, 2.75) is 19.3 Å². The summed E-state index contributed by atoms with van der Waals surface area (Å²) in [5, 5.41) is 1.45. The smallest absolute Gasteiger partial charge is 0.296 e. The molecular weight excluding hydrogens is 258 g/mol. The Kier molecular flexibility index (Phi) is 3.56. The fourth-order valence-corrected chi connectivity index (χ4v) is 2.31. The van der Waals surface area contributed by atoms with Gasteiger partial charge in [0, 0.05) is 18.8 Å². The third-order valence-corrected chi connectivity index (χ3v) is 3.42. The highest BCUT2D eigenvalue weighted by molar-refractivity contribution is 5.92. The summed E-state index contributed by atoms with van der Waals surface area (Å²) >= 11 is 0. The van der Waals surface area contributed by atoms with Crippen molar-refractivity contribution >= 4 is 11.6 Å². The van der Waals surface area contributed by atoms with Gasteiger partial charge in [-0.15, -0.1) is 0 Å². The zero-order valence-electron chi connectivity index (χ0n) is 11.4. The Bertz CT molecular complexity index is 615. The molecule has 1 aliphatic rings. The normalized spacial score (nSPS) is 16.1. The van der Waals surface area contributed by atoms with E-state index in [0.29, 0.717) is 30.2 Å². The maximum Gasteiger partial charge on any atom is 0.296 e. The number of hydrogen-bond acceptors (Lipinski definition) is 4. The maximum atomic E-state index is 12.5. The molecule has 0 atom stereocenters. The van der Waals surface area contributed by atoms with Gasteiger partial charge in [0.15, 0.2) is 0 Å². The standard InChI is InChI=1S/C14H17N3O3/c1-19-11-5-7-16-12(10-15-13(16)9-11)14(18)17-6-3-2-4-8-20-17/h5,7,9-10H,2-4,6,8H2,1H3. The van der Waals surface area contributed by atoms with E-state index >= 15 is 0 Å². The van der Waals surface area contributed by atoms with Crippen LogP contribution in [-0.2, 0) is 4.84 Å². The molecule has 1 fully saturated rings. The van der Waals surface area contributed by atoms with E-state index in [4.69, 9.17) is 9.57 Å². The number of ether oxygens (including phenoxy) is 1. The van der Waals surface area contributed by atoms with Crippen LogP contribution in [0.4, 0.5) is 0 Å². The van der Waals surface area contributed by atoms with Gasteiger partial charge in [-0.05, 0) is 25.3 Å². The molecule has 3 heterocycles. The van der Waals surface area contributed by atoms with Crippen LogP contribution in [0.5, 0.6) is 5.75 Å². The Morgan fingerprint density at radius 2 is 2.30 bits per heavy atom. The molecule has 20 heavy (non-hydrogen) atoms. The molecule has 0 N–H and O–H groups in total. The number of carbonyl (C=O) groups is 1. The third-order valence-electron chi connectivity index (χ3n) is 3.42. The molecule has 2 aromatic heterocycles. The molecule has 0 saturated carbocycles. The highest BCUT2D eigenvalue weighted by Crippen LogP contribution is 2.17. The summed E-state index contributed by atoms with van der Waals surface area (Å²) in [6.07, 6.45) is 6.41. The number of fused-ring (bicyclic) bond motifs is 1. The molecule has 0 bridgehead atoms. The van der Waals surface area contributed by atoms with Crippen molar-refractivity contribution in [3.05, 3.63) is 30.2 Å². The quantitative estimate of drug-likeness (QED) is 0.840. The minimum Gasteiger partial charge on any atom is -0.497 e. The third kappa shape index (κ3) is 2.34. The summed E-state index contributed by atoms with van der Waals surface area (Å²) in [5.74, 6) is 0.567. The molecule has 0 aromatic carbocycles. The van der Waals surface area contributed by atoms with Crippen LogP contribution in [0.3, 0.4) is 0 Å². The molecule has 0 spiro atoms. The number of rotatable bonds is 2. The van der Waals surface area contributed by atoms with Gasteiger partial charge in [0.2, 0.25) is 0 Å². The topological polar surface area (TPSA) is 56.1 Å². The van der Waals surface area contributed by atoms with Gasteiger partial charge in [-0.2, -0.15) is 0 Å². The summed E-state index contributed by atoms with van der Waals surface area (Å²) in [6.45, 7) is 1.22. The van der Waals surface area contributed by atoms with Crippen LogP contribution in [0.2, 0.25) is 0 Å². The van der Waals surface area contributed by atoms with E-state index in [2.05, 4.69) is 4.98 Å². The minimum atomic E-state index is -0.149. The molecule has 3 rings (SSSR count). The van der Waals surface area contributed by atoms with Crippen molar-refractivity contribution in [1.29, 1.82) is 0 Å². The Morgan fingerprint density at radius 1 is 1.40 bits per heavy atom. The van der Waals surface area contributed by atoms with Crippen molar-refractivity contribution in [1.82, 2.24) is 14.4 Å². The van der Waals surface area contributed by atoms with E-state index in [1.165, 1.54) is 5.06 Å². The molecule has 1 aliphatic heterocycles. The van der Waals surface area contributed by atoms with Crippen molar-refractivity contribution < 1.29 is 14.4 Å². The van der Waals surface area contributed by atoms with Crippen LogP contribution < -0.4 is 4.74 Å². The number of methoxy groups -OCH3 is 1. The van der Waals surface area contributed by atoms with Crippen LogP contribution in [0.25, 0.3) is 5.65 Å². The fourth-order valence-electron chi connectivity index (χ4n) is 2.31. The molecule has 0 radical (unpaired) electrons. The van der Waals surface area contributed by atoms with Crippen molar-refractivity contribution in [2.75, 3.05) is 20.3 Å². The predicted molar refractivity (Wildman–Crippen MR) is 72.6 cm³/mol. The summed E-state index contributed by atoms with van der Waals surface area (Å²) in [5.41, 5.74) is 1.19. The van der Waals surface area contributed by atoms with Gasteiger partial charge in [-0.25, -0.2) is 10.0 Å². The largest absolute Gasteiger partial charge is 0.497 e. The lowest BCUT2D eigenvalue weighted by Gasteiger charge is -2.18.